The average Bonchev–Trinajstić information content (AvgIpc) is 2.97. The second-order valence-electron chi connectivity index (χ2n) is 4.88. The number of benzene rings is 2. The molecule has 0 aromatic heterocycles. The number of nitro benzene ring substituents is 1. The average molecular weight is 282 g/mol. The van der Waals surface area contributed by atoms with Crippen molar-refractivity contribution in [1.82, 2.24) is 0 Å². The van der Waals surface area contributed by atoms with E-state index in [1.165, 1.54) is 17.7 Å². The largest absolute Gasteiger partial charge is 0.472 e. The summed E-state index contributed by atoms with van der Waals surface area (Å²) in [5.74, 6) is 0.561. The van der Waals surface area contributed by atoms with Crippen LogP contribution in [0.15, 0.2) is 59.6 Å². The SMILES string of the molecule is O=[N+]([O-])c1ccc(C2=NCC(Cc3ccccc3)O2)cc1. The number of hydrogen-bond donors (Lipinski definition) is 0. The minimum atomic E-state index is -0.417. The predicted molar refractivity (Wildman–Crippen MR) is 79.5 cm³/mol. The van der Waals surface area contributed by atoms with E-state index in [-0.39, 0.29) is 11.8 Å². The third kappa shape index (κ3) is 3.08. The molecule has 21 heavy (non-hydrogen) atoms. The zero-order chi connectivity index (χ0) is 14.7. The van der Waals surface area contributed by atoms with Crippen molar-refractivity contribution in [2.24, 2.45) is 4.99 Å². The molecule has 3 rings (SSSR count). The molecule has 0 spiro atoms. The van der Waals surface area contributed by atoms with Gasteiger partial charge in [-0.05, 0) is 17.7 Å². The fourth-order valence-corrected chi connectivity index (χ4v) is 2.29. The lowest BCUT2D eigenvalue weighted by Gasteiger charge is -2.11. The zero-order valence-corrected chi connectivity index (χ0v) is 11.3. The van der Waals surface area contributed by atoms with E-state index in [1.807, 2.05) is 18.2 Å². The molecule has 0 saturated carbocycles. The van der Waals surface area contributed by atoms with E-state index in [0.29, 0.717) is 12.4 Å². The highest BCUT2D eigenvalue weighted by Gasteiger charge is 2.21. The first-order chi connectivity index (χ1) is 10.2. The van der Waals surface area contributed by atoms with Crippen LogP contribution in [0.2, 0.25) is 0 Å². The van der Waals surface area contributed by atoms with Crippen molar-refractivity contribution in [1.29, 1.82) is 0 Å². The third-order valence-electron chi connectivity index (χ3n) is 3.35. The van der Waals surface area contributed by atoms with Crippen LogP contribution in [0, 0.1) is 10.1 Å². The van der Waals surface area contributed by atoms with Gasteiger partial charge in [-0.25, -0.2) is 4.99 Å². The minimum absolute atomic E-state index is 0.0255. The molecule has 1 atom stereocenters. The summed E-state index contributed by atoms with van der Waals surface area (Å²) in [6, 6.07) is 16.4. The van der Waals surface area contributed by atoms with E-state index < -0.39 is 4.92 Å². The number of ether oxygens (including phenoxy) is 1. The van der Waals surface area contributed by atoms with Gasteiger partial charge in [-0.15, -0.1) is 0 Å². The third-order valence-corrected chi connectivity index (χ3v) is 3.35. The van der Waals surface area contributed by atoms with Crippen molar-refractivity contribution in [3.05, 3.63) is 75.8 Å². The van der Waals surface area contributed by atoms with Gasteiger partial charge < -0.3 is 4.74 Å². The second kappa shape index (κ2) is 5.75. The summed E-state index contributed by atoms with van der Waals surface area (Å²) in [7, 11) is 0. The van der Waals surface area contributed by atoms with Gasteiger partial charge in [0.2, 0.25) is 5.90 Å². The monoisotopic (exact) mass is 282 g/mol. The molecule has 1 unspecified atom stereocenters. The highest BCUT2D eigenvalue weighted by Crippen LogP contribution is 2.18. The van der Waals surface area contributed by atoms with Gasteiger partial charge in [-0.1, -0.05) is 30.3 Å². The topological polar surface area (TPSA) is 64.7 Å². The maximum Gasteiger partial charge on any atom is 0.269 e. The number of hydrogen-bond acceptors (Lipinski definition) is 4. The van der Waals surface area contributed by atoms with E-state index in [4.69, 9.17) is 4.74 Å². The number of nitrogens with zero attached hydrogens (tertiary/aromatic N) is 2. The van der Waals surface area contributed by atoms with Crippen molar-refractivity contribution >= 4 is 11.6 Å². The van der Waals surface area contributed by atoms with Gasteiger partial charge in [0.25, 0.3) is 5.69 Å². The molecular formula is C16H14N2O3. The van der Waals surface area contributed by atoms with Gasteiger partial charge in [-0.2, -0.15) is 0 Å². The minimum Gasteiger partial charge on any atom is -0.472 e. The van der Waals surface area contributed by atoms with Gasteiger partial charge >= 0.3 is 0 Å². The molecule has 0 N–H and O–H groups in total. The van der Waals surface area contributed by atoms with E-state index in [1.54, 1.807) is 12.1 Å². The van der Waals surface area contributed by atoms with Gasteiger partial charge in [0.05, 0.1) is 11.5 Å². The Hall–Kier alpha value is -2.69. The number of aliphatic imine (C=N–C) groups is 1. The molecule has 2 aromatic rings. The van der Waals surface area contributed by atoms with Crippen molar-refractivity contribution in [3.8, 4) is 0 Å². The summed E-state index contributed by atoms with van der Waals surface area (Å²) in [5, 5.41) is 10.6. The Labute approximate surface area is 122 Å². The van der Waals surface area contributed by atoms with Crippen LogP contribution in [0.5, 0.6) is 0 Å². The molecule has 106 valence electrons. The maximum atomic E-state index is 10.6. The van der Waals surface area contributed by atoms with Crippen LogP contribution in [0.3, 0.4) is 0 Å². The highest BCUT2D eigenvalue weighted by molar-refractivity contribution is 5.95. The molecule has 0 aliphatic carbocycles. The van der Waals surface area contributed by atoms with E-state index in [0.717, 1.165) is 12.0 Å². The molecule has 5 nitrogen and oxygen atoms in total. The Kier molecular flexibility index (Phi) is 3.64. The molecule has 2 aromatic carbocycles. The normalized spacial score (nSPS) is 17.1. The molecule has 0 saturated heterocycles. The van der Waals surface area contributed by atoms with Crippen LogP contribution < -0.4 is 0 Å². The molecular weight excluding hydrogens is 268 g/mol. The molecule has 1 aliphatic rings. The van der Waals surface area contributed by atoms with Gasteiger partial charge in [0, 0.05) is 24.1 Å². The molecule has 0 amide bonds. The van der Waals surface area contributed by atoms with Crippen LogP contribution in [-0.4, -0.2) is 23.5 Å². The fraction of sp³-hybridized carbons (Fsp3) is 0.188. The van der Waals surface area contributed by atoms with Crippen molar-refractivity contribution in [3.63, 3.8) is 0 Å². The second-order valence-corrected chi connectivity index (χ2v) is 4.88. The maximum absolute atomic E-state index is 10.6. The Bertz CT molecular complexity index is 666. The summed E-state index contributed by atoms with van der Waals surface area (Å²) in [6.45, 7) is 0.612. The summed E-state index contributed by atoms with van der Waals surface area (Å²) in [6.07, 6.45) is 0.832. The number of non-ortho nitro benzene ring substituents is 1. The molecule has 5 heteroatoms. The van der Waals surface area contributed by atoms with Crippen LogP contribution in [0.1, 0.15) is 11.1 Å². The smallest absolute Gasteiger partial charge is 0.269 e. The van der Waals surface area contributed by atoms with Crippen molar-refractivity contribution in [2.45, 2.75) is 12.5 Å². The lowest BCUT2D eigenvalue weighted by molar-refractivity contribution is -0.384. The first-order valence-corrected chi connectivity index (χ1v) is 6.72. The van der Waals surface area contributed by atoms with Crippen molar-refractivity contribution in [2.75, 3.05) is 6.54 Å². The summed E-state index contributed by atoms with van der Waals surface area (Å²) < 4.78 is 5.83. The highest BCUT2D eigenvalue weighted by atomic mass is 16.6. The summed E-state index contributed by atoms with van der Waals surface area (Å²) in [5.41, 5.74) is 2.05. The summed E-state index contributed by atoms with van der Waals surface area (Å²) in [4.78, 5) is 14.6. The van der Waals surface area contributed by atoms with Gasteiger partial charge in [-0.3, -0.25) is 10.1 Å². The number of rotatable bonds is 4. The standard InChI is InChI=1S/C16H14N2O3/c19-18(20)14-8-6-13(7-9-14)16-17-11-15(21-16)10-12-4-2-1-3-5-12/h1-9,15H,10-11H2. The van der Waals surface area contributed by atoms with Crippen LogP contribution in [0.4, 0.5) is 5.69 Å². The van der Waals surface area contributed by atoms with Gasteiger partial charge in [0.1, 0.15) is 6.10 Å². The molecule has 0 radical (unpaired) electrons. The first kappa shape index (κ1) is 13.3. The van der Waals surface area contributed by atoms with E-state index >= 15 is 0 Å². The predicted octanol–water partition coefficient (Wildman–Crippen LogP) is 2.98. The van der Waals surface area contributed by atoms with E-state index in [9.17, 15) is 10.1 Å². The summed E-state index contributed by atoms with van der Waals surface area (Å²) >= 11 is 0. The Balaban J connectivity index is 1.65. The molecule has 0 fully saturated rings. The lowest BCUT2D eigenvalue weighted by atomic mass is 10.1. The first-order valence-electron chi connectivity index (χ1n) is 6.72. The Morgan fingerprint density at radius 3 is 2.52 bits per heavy atom. The number of nitro groups is 1. The zero-order valence-electron chi connectivity index (χ0n) is 11.3. The van der Waals surface area contributed by atoms with Crippen LogP contribution in [-0.2, 0) is 11.2 Å². The fourth-order valence-electron chi connectivity index (χ4n) is 2.29. The molecule has 0 bridgehead atoms. The Morgan fingerprint density at radius 2 is 1.86 bits per heavy atom. The Morgan fingerprint density at radius 1 is 1.14 bits per heavy atom. The van der Waals surface area contributed by atoms with Crippen LogP contribution >= 0.6 is 0 Å². The molecule has 1 heterocycles. The van der Waals surface area contributed by atoms with Crippen molar-refractivity contribution < 1.29 is 9.66 Å². The van der Waals surface area contributed by atoms with E-state index in [2.05, 4.69) is 17.1 Å². The quantitative estimate of drug-likeness (QED) is 0.639. The van der Waals surface area contributed by atoms with Crippen LogP contribution in [0.25, 0.3) is 0 Å². The van der Waals surface area contributed by atoms with Gasteiger partial charge in [0.15, 0.2) is 0 Å². The lowest BCUT2D eigenvalue weighted by Crippen LogP contribution is -2.16. The molecule has 1 aliphatic heterocycles.